The van der Waals surface area contributed by atoms with Crippen molar-refractivity contribution < 1.29 is 46.1 Å². The number of pyridine rings is 2. The highest BCUT2D eigenvalue weighted by Crippen LogP contribution is 2.34. The molecule has 0 aromatic carbocycles. The number of aliphatic carboxylic acids is 1. The molecule has 2 aromatic rings. The molecule has 6 nitrogen and oxygen atoms in total. The molecule has 0 unspecified atom stereocenters. The molecule has 0 atom stereocenters. The Balaban J connectivity index is 0.000000273. The third-order valence-corrected chi connectivity index (χ3v) is 2.45. The zero-order valence-electron chi connectivity index (χ0n) is 12.5. The van der Waals surface area contributed by atoms with Crippen LogP contribution in [0, 0.1) is 0 Å². The van der Waals surface area contributed by atoms with Gasteiger partial charge in [0, 0.05) is 12.4 Å². The standard InChI is InChI=1S/C8H6F3NO3.C6H4F3NO/c9-8(10,11)7-5(2-1-3-12-7)15-4-6(13)14;7-6(8,9)5-4(11)2-1-3-10-5/h1-3H,4H2,(H,13,14);1-3,11H. The van der Waals surface area contributed by atoms with Crippen LogP contribution in [0.5, 0.6) is 11.5 Å². The summed E-state index contributed by atoms with van der Waals surface area (Å²) in [7, 11) is 0. The van der Waals surface area contributed by atoms with Gasteiger partial charge in [0.15, 0.2) is 23.7 Å². The molecule has 0 radical (unpaired) electrons. The van der Waals surface area contributed by atoms with E-state index in [0.29, 0.717) is 0 Å². The lowest BCUT2D eigenvalue weighted by molar-refractivity contribution is -0.145. The Labute approximate surface area is 141 Å². The highest BCUT2D eigenvalue weighted by atomic mass is 19.4. The number of carboxylic acid groups (broad SMARTS) is 1. The van der Waals surface area contributed by atoms with Gasteiger partial charge in [-0.1, -0.05) is 0 Å². The van der Waals surface area contributed by atoms with Crippen molar-refractivity contribution >= 4 is 5.97 Å². The minimum Gasteiger partial charge on any atom is -0.506 e. The molecule has 26 heavy (non-hydrogen) atoms. The fourth-order valence-corrected chi connectivity index (χ4v) is 1.47. The molecule has 2 heterocycles. The first kappa shape index (κ1) is 21.0. The number of aromatic hydroxyl groups is 1. The molecular formula is C14H10F6N2O4. The lowest BCUT2D eigenvalue weighted by Crippen LogP contribution is -2.15. The number of ether oxygens (including phenoxy) is 1. The molecule has 0 spiro atoms. The lowest BCUT2D eigenvalue weighted by Gasteiger charge is -2.10. The average Bonchev–Trinajstić information content (AvgIpc) is 2.52. The number of carbonyl (C=O) groups is 1. The number of carboxylic acids is 1. The van der Waals surface area contributed by atoms with Gasteiger partial charge in [-0.2, -0.15) is 26.3 Å². The van der Waals surface area contributed by atoms with Gasteiger partial charge in [-0.3, -0.25) is 0 Å². The molecule has 0 saturated carbocycles. The van der Waals surface area contributed by atoms with Crippen LogP contribution in [0.4, 0.5) is 26.3 Å². The van der Waals surface area contributed by atoms with E-state index in [9.17, 15) is 31.1 Å². The summed E-state index contributed by atoms with van der Waals surface area (Å²) in [4.78, 5) is 16.2. The van der Waals surface area contributed by atoms with E-state index in [1.165, 1.54) is 12.1 Å². The summed E-state index contributed by atoms with van der Waals surface area (Å²) >= 11 is 0. The lowest BCUT2D eigenvalue weighted by atomic mass is 10.3. The number of halogens is 6. The van der Waals surface area contributed by atoms with Crippen LogP contribution in [0.2, 0.25) is 0 Å². The molecule has 0 aliphatic heterocycles. The van der Waals surface area contributed by atoms with Crippen LogP contribution in [0.3, 0.4) is 0 Å². The molecule has 0 aliphatic carbocycles. The maximum Gasteiger partial charge on any atom is 0.437 e. The van der Waals surface area contributed by atoms with Crippen molar-refractivity contribution in [2.24, 2.45) is 0 Å². The maximum absolute atomic E-state index is 12.3. The molecule has 2 aromatic heterocycles. The normalized spacial score (nSPS) is 11.3. The first-order chi connectivity index (χ1) is 11.9. The second kappa shape index (κ2) is 8.36. The Morgan fingerprint density at radius 1 is 0.962 bits per heavy atom. The van der Waals surface area contributed by atoms with E-state index in [0.717, 1.165) is 24.5 Å². The third-order valence-electron chi connectivity index (χ3n) is 2.45. The fraction of sp³-hybridized carbons (Fsp3) is 0.214. The van der Waals surface area contributed by atoms with Gasteiger partial charge in [-0.25, -0.2) is 14.8 Å². The predicted octanol–water partition coefficient (Wildman–Crippen LogP) is 3.37. The number of alkyl halides is 6. The number of aromatic nitrogens is 2. The minimum atomic E-state index is -4.66. The van der Waals surface area contributed by atoms with Crippen molar-refractivity contribution in [1.29, 1.82) is 0 Å². The van der Waals surface area contributed by atoms with Crippen molar-refractivity contribution in [3.8, 4) is 11.5 Å². The fourth-order valence-electron chi connectivity index (χ4n) is 1.47. The van der Waals surface area contributed by atoms with Crippen LogP contribution in [-0.2, 0) is 17.1 Å². The van der Waals surface area contributed by atoms with E-state index in [1.807, 2.05) is 0 Å². The van der Waals surface area contributed by atoms with Gasteiger partial charge in [0.1, 0.15) is 5.75 Å². The summed E-state index contributed by atoms with van der Waals surface area (Å²) in [6, 6.07) is 4.41. The smallest absolute Gasteiger partial charge is 0.437 e. The Bertz CT molecular complexity index is 749. The minimum absolute atomic E-state index is 0.590. The van der Waals surface area contributed by atoms with Crippen LogP contribution in [0.1, 0.15) is 11.4 Å². The van der Waals surface area contributed by atoms with Gasteiger partial charge in [0.25, 0.3) is 0 Å². The van der Waals surface area contributed by atoms with Gasteiger partial charge in [-0.15, -0.1) is 0 Å². The molecule has 142 valence electrons. The Morgan fingerprint density at radius 2 is 1.46 bits per heavy atom. The average molecular weight is 384 g/mol. The van der Waals surface area contributed by atoms with E-state index in [4.69, 9.17) is 10.2 Å². The quantitative estimate of drug-likeness (QED) is 0.789. The van der Waals surface area contributed by atoms with E-state index >= 15 is 0 Å². The van der Waals surface area contributed by atoms with E-state index in [1.54, 1.807) is 0 Å². The molecule has 0 amide bonds. The van der Waals surface area contributed by atoms with Gasteiger partial charge in [0.2, 0.25) is 0 Å². The second-order valence-electron chi connectivity index (χ2n) is 4.40. The van der Waals surface area contributed by atoms with Crippen molar-refractivity contribution in [2.45, 2.75) is 12.4 Å². The zero-order chi connectivity index (χ0) is 20.0. The number of rotatable bonds is 3. The summed E-state index contributed by atoms with van der Waals surface area (Å²) in [6.45, 7) is -0.839. The van der Waals surface area contributed by atoms with Crippen LogP contribution in [-0.4, -0.2) is 32.8 Å². The van der Waals surface area contributed by atoms with Crippen LogP contribution >= 0.6 is 0 Å². The zero-order valence-corrected chi connectivity index (χ0v) is 12.5. The topological polar surface area (TPSA) is 92.5 Å². The Morgan fingerprint density at radius 3 is 1.88 bits per heavy atom. The summed E-state index contributed by atoms with van der Waals surface area (Å²) < 4.78 is 76.8. The molecule has 12 heteroatoms. The molecule has 0 bridgehead atoms. The Hall–Kier alpha value is -3.05. The molecule has 0 fully saturated rings. The Kier molecular flexibility index (Phi) is 6.75. The van der Waals surface area contributed by atoms with Gasteiger partial charge < -0.3 is 14.9 Å². The van der Waals surface area contributed by atoms with Gasteiger partial charge in [-0.05, 0) is 24.3 Å². The second-order valence-corrected chi connectivity index (χ2v) is 4.40. The molecule has 2 N–H and O–H groups in total. The number of hydrogen-bond donors (Lipinski definition) is 2. The summed E-state index contributed by atoms with van der Waals surface area (Å²) in [5.74, 6) is -2.79. The van der Waals surface area contributed by atoms with Gasteiger partial charge >= 0.3 is 18.3 Å². The van der Waals surface area contributed by atoms with Crippen molar-refractivity contribution in [3.63, 3.8) is 0 Å². The van der Waals surface area contributed by atoms with Gasteiger partial charge in [0.05, 0.1) is 0 Å². The summed E-state index contributed by atoms with van der Waals surface area (Å²) in [6.07, 6.45) is -7.31. The molecular weight excluding hydrogens is 374 g/mol. The summed E-state index contributed by atoms with van der Waals surface area (Å²) in [5, 5.41) is 16.9. The van der Waals surface area contributed by atoms with Crippen LogP contribution < -0.4 is 4.74 Å². The first-order valence-electron chi connectivity index (χ1n) is 6.51. The highest BCUT2D eigenvalue weighted by molar-refractivity contribution is 5.68. The van der Waals surface area contributed by atoms with Crippen molar-refractivity contribution in [3.05, 3.63) is 48.0 Å². The molecule has 2 rings (SSSR count). The maximum atomic E-state index is 12.3. The monoisotopic (exact) mass is 384 g/mol. The van der Waals surface area contributed by atoms with E-state index in [-0.39, 0.29) is 0 Å². The van der Waals surface area contributed by atoms with E-state index in [2.05, 4.69) is 14.7 Å². The largest absolute Gasteiger partial charge is 0.506 e. The third kappa shape index (κ3) is 6.45. The predicted molar refractivity (Wildman–Crippen MR) is 73.3 cm³/mol. The first-order valence-corrected chi connectivity index (χ1v) is 6.51. The van der Waals surface area contributed by atoms with Crippen molar-refractivity contribution in [1.82, 2.24) is 9.97 Å². The van der Waals surface area contributed by atoms with Crippen LogP contribution in [0.15, 0.2) is 36.7 Å². The number of hydrogen-bond acceptors (Lipinski definition) is 5. The van der Waals surface area contributed by atoms with Crippen LogP contribution in [0.25, 0.3) is 0 Å². The summed E-state index contributed by atoms with van der Waals surface area (Å²) in [5.41, 5.74) is -2.48. The van der Waals surface area contributed by atoms with E-state index < -0.39 is 47.8 Å². The molecule has 0 aliphatic rings. The van der Waals surface area contributed by atoms with Crippen molar-refractivity contribution in [2.75, 3.05) is 6.61 Å². The number of nitrogens with zero attached hydrogens (tertiary/aromatic N) is 2. The SMILES string of the molecule is O=C(O)COc1cccnc1C(F)(F)F.Oc1cccnc1C(F)(F)F. The highest BCUT2D eigenvalue weighted by Gasteiger charge is 2.36. The molecule has 0 saturated heterocycles.